The second-order valence-electron chi connectivity index (χ2n) is 4.81. The lowest BCUT2D eigenvalue weighted by Crippen LogP contribution is -2.60. The van der Waals surface area contributed by atoms with Crippen molar-refractivity contribution < 1.29 is 14.6 Å². The van der Waals surface area contributed by atoms with Crippen molar-refractivity contribution >= 4 is 5.97 Å². The molecule has 0 aliphatic carbocycles. The minimum absolute atomic E-state index is 0.172. The maximum absolute atomic E-state index is 11.2. The highest BCUT2D eigenvalue weighted by Crippen LogP contribution is 2.15. The van der Waals surface area contributed by atoms with Gasteiger partial charge in [-0.3, -0.25) is 9.69 Å². The van der Waals surface area contributed by atoms with Gasteiger partial charge in [0.25, 0.3) is 0 Å². The number of nitrogens with zero attached hydrogens (tertiary/aromatic N) is 1. The molecular weight excluding hydrogens is 208 g/mol. The SMILES string of the molecule is CNC(C)(CN1CC(C)OCC1C)C(=O)O. The first kappa shape index (κ1) is 13.4. The first-order chi connectivity index (χ1) is 7.39. The van der Waals surface area contributed by atoms with E-state index < -0.39 is 11.5 Å². The highest BCUT2D eigenvalue weighted by molar-refractivity contribution is 5.78. The van der Waals surface area contributed by atoms with E-state index in [-0.39, 0.29) is 12.1 Å². The zero-order valence-electron chi connectivity index (χ0n) is 10.5. The number of likely N-dealkylation sites (N-methyl/N-ethyl adjacent to an activating group) is 1. The van der Waals surface area contributed by atoms with E-state index in [1.165, 1.54) is 0 Å². The van der Waals surface area contributed by atoms with Crippen LogP contribution in [0.5, 0.6) is 0 Å². The normalized spacial score (nSPS) is 31.0. The Bertz CT molecular complexity index is 260. The van der Waals surface area contributed by atoms with Crippen molar-refractivity contribution in [3.05, 3.63) is 0 Å². The molecule has 1 aliphatic rings. The fourth-order valence-electron chi connectivity index (χ4n) is 1.85. The van der Waals surface area contributed by atoms with Gasteiger partial charge < -0.3 is 15.2 Å². The number of morpholine rings is 1. The first-order valence-corrected chi connectivity index (χ1v) is 5.67. The van der Waals surface area contributed by atoms with Gasteiger partial charge in [-0.2, -0.15) is 0 Å². The van der Waals surface area contributed by atoms with Gasteiger partial charge in [-0.15, -0.1) is 0 Å². The van der Waals surface area contributed by atoms with Crippen LogP contribution in [-0.2, 0) is 9.53 Å². The summed E-state index contributed by atoms with van der Waals surface area (Å²) in [7, 11) is 1.68. The van der Waals surface area contributed by atoms with E-state index in [1.54, 1.807) is 14.0 Å². The van der Waals surface area contributed by atoms with Gasteiger partial charge in [0.05, 0.1) is 12.7 Å². The van der Waals surface area contributed by atoms with Crippen LogP contribution in [0.4, 0.5) is 0 Å². The molecule has 0 amide bonds. The number of carboxylic acid groups (broad SMARTS) is 1. The van der Waals surface area contributed by atoms with Gasteiger partial charge in [-0.1, -0.05) is 0 Å². The van der Waals surface area contributed by atoms with Crippen LogP contribution in [0.15, 0.2) is 0 Å². The molecule has 1 aliphatic heterocycles. The zero-order valence-corrected chi connectivity index (χ0v) is 10.5. The van der Waals surface area contributed by atoms with E-state index >= 15 is 0 Å². The molecule has 0 spiro atoms. The molecule has 0 aromatic carbocycles. The highest BCUT2D eigenvalue weighted by atomic mass is 16.5. The lowest BCUT2D eigenvalue weighted by molar-refractivity contribution is -0.146. The molecule has 0 saturated carbocycles. The third kappa shape index (κ3) is 2.93. The van der Waals surface area contributed by atoms with Crippen molar-refractivity contribution in [1.29, 1.82) is 0 Å². The number of hydrogen-bond acceptors (Lipinski definition) is 4. The lowest BCUT2D eigenvalue weighted by atomic mass is 10.0. The molecule has 0 aromatic heterocycles. The van der Waals surface area contributed by atoms with Crippen LogP contribution in [0.3, 0.4) is 0 Å². The van der Waals surface area contributed by atoms with Crippen molar-refractivity contribution in [1.82, 2.24) is 10.2 Å². The summed E-state index contributed by atoms with van der Waals surface area (Å²) < 4.78 is 5.52. The van der Waals surface area contributed by atoms with E-state index in [0.717, 1.165) is 6.54 Å². The van der Waals surface area contributed by atoms with E-state index in [1.807, 2.05) is 6.92 Å². The molecule has 5 heteroatoms. The van der Waals surface area contributed by atoms with Crippen LogP contribution in [0, 0.1) is 0 Å². The second kappa shape index (κ2) is 5.12. The summed E-state index contributed by atoms with van der Waals surface area (Å²) in [6.07, 6.45) is 0.172. The van der Waals surface area contributed by atoms with Crippen molar-refractivity contribution in [2.75, 3.05) is 26.7 Å². The van der Waals surface area contributed by atoms with Gasteiger partial charge in [-0.05, 0) is 27.8 Å². The number of ether oxygens (including phenoxy) is 1. The van der Waals surface area contributed by atoms with Crippen LogP contribution in [0.2, 0.25) is 0 Å². The largest absolute Gasteiger partial charge is 0.480 e. The fourth-order valence-corrected chi connectivity index (χ4v) is 1.85. The maximum atomic E-state index is 11.2. The number of carbonyl (C=O) groups is 1. The van der Waals surface area contributed by atoms with Crippen LogP contribution < -0.4 is 5.32 Å². The van der Waals surface area contributed by atoms with Gasteiger partial charge in [0.1, 0.15) is 5.54 Å². The highest BCUT2D eigenvalue weighted by Gasteiger charge is 2.36. The smallest absolute Gasteiger partial charge is 0.324 e. The van der Waals surface area contributed by atoms with Gasteiger partial charge in [0.2, 0.25) is 0 Å². The molecule has 1 rings (SSSR count). The standard InChI is InChI=1S/C11H22N2O3/c1-8-6-16-9(2)5-13(8)7-11(3,12-4)10(14)15/h8-9,12H,5-7H2,1-4H3,(H,14,15). The molecule has 1 fully saturated rings. The fraction of sp³-hybridized carbons (Fsp3) is 0.909. The van der Waals surface area contributed by atoms with E-state index in [4.69, 9.17) is 4.74 Å². The summed E-state index contributed by atoms with van der Waals surface area (Å²) in [6.45, 7) is 7.72. The first-order valence-electron chi connectivity index (χ1n) is 5.67. The second-order valence-corrected chi connectivity index (χ2v) is 4.81. The third-order valence-electron chi connectivity index (χ3n) is 3.28. The maximum Gasteiger partial charge on any atom is 0.324 e. The molecule has 2 N–H and O–H groups in total. The summed E-state index contributed by atoms with van der Waals surface area (Å²) in [5.74, 6) is -0.818. The summed E-state index contributed by atoms with van der Waals surface area (Å²) in [4.78, 5) is 13.4. The number of rotatable bonds is 4. The Morgan fingerprint density at radius 2 is 2.25 bits per heavy atom. The van der Waals surface area contributed by atoms with E-state index in [2.05, 4.69) is 17.1 Å². The number of aliphatic carboxylic acids is 1. The molecule has 3 unspecified atom stereocenters. The van der Waals surface area contributed by atoms with Crippen LogP contribution in [0.1, 0.15) is 20.8 Å². The molecule has 0 radical (unpaired) electrons. The quantitative estimate of drug-likeness (QED) is 0.720. The average molecular weight is 230 g/mol. The summed E-state index contributed by atoms with van der Waals surface area (Å²) in [5, 5.41) is 12.1. The Kier molecular flexibility index (Phi) is 4.29. The lowest BCUT2D eigenvalue weighted by Gasteiger charge is -2.40. The molecule has 0 aromatic rings. The van der Waals surface area contributed by atoms with Crippen molar-refractivity contribution in [2.45, 2.75) is 38.5 Å². The van der Waals surface area contributed by atoms with Crippen LogP contribution >= 0.6 is 0 Å². The Hall–Kier alpha value is -0.650. The molecular formula is C11H22N2O3. The van der Waals surface area contributed by atoms with Gasteiger partial charge in [0.15, 0.2) is 0 Å². The van der Waals surface area contributed by atoms with Crippen LogP contribution in [-0.4, -0.2) is 60.4 Å². The Balaban J connectivity index is 2.66. The van der Waals surface area contributed by atoms with Crippen LogP contribution in [0.25, 0.3) is 0 Å². The van der Waals surface area contributed by atoms with Gasteiger partial charge in [-0.25, -0.2) is 0 Å². The zero-order chi connectivity index (χ0) is 12.3. The van der Waals surface area contributed by atoms with Gasteiger partial charge >= 0.3 is 5.97 Å². The number of hydrogen-bond donors (Lipinski definition) is 2. The third-order valence-corrected chi connectivity index (χ3v) is 3.28. The number of carboxylic acids is 1. The van der Waals surface area contributed by atoms with E-state index in [9.17, 15) is 9.90 Å². The summed E-state index contributed by atoms with van der Waals surface area (Å²) in [5.41, 5.74) is -0.898. The molecule has 5 nitrogen and oxygen atoms in total. The Morgan fingerprint density at radius 1 is 1.62 bits per heavy atom. The minimum atomic E-state index is -0.898. The monoisotopic (exact) mass is 230 g/mol. The van der Waals surface area contributed by atoms with E-state index in [0.29, 0.717) is 13.2 Å². The summed E-state index contributed by atoms with van der Waals surface area (Å²) >= 11 is 0. The molecule has 0 bridgehead atoms. The van der Waals surface area contributed by atoms with Gasteiger partial charge in [0, 0.05) is 19.1 Å². The minimum Gasteiger partial charge on any atom is -0.480 e. The van der Waals surface area contributed by atoms with Crippen molar-refractivity contribution in [3.8, 4) is 0 Å². The van der Waals surface area contributed by atoms with Crippen molar-refractivity contribution in [3.63, 3.8) is 0 Å². The average Bonchev–Trinajstić information content (AvgIpc) is 2.23. The predicted molar refractivity (Wildman–Crippen MR) is 61.5 cm³/mol. The Morgan fingerprint density at radius 3 is 2.75 bits per heavy atom. The molecule has 94 valence electrons. The molecule has 1 heterocycles. The number of nitrogens with one attached hydrogen (secondary N) is 1. The summed E-state index contributed by atoms with van der Waals surface area (Å²) in [6, 6.07) is 0.267. The topological polar surface area (TPSA) is 61.8 Å². The molecule has 1 saturated heterocycles. The van der Waals surface area contributed by atoms with Crippen molar-refractivity contribution in [2.24, 2.45) is 0 Å². The molecule has 16 heavy (non-hydrogen) atoms. The predicted octanol–water partition coefficient (Wildman–Crippen LogP) is 0.158. The molecule has 3 atom stereocenters. The Labute approximate surface area is 96.8 Å².